The minimum atomic E-state index is -4.94. The summed E-state index contributed by atoms with van der Waals surface area (Å²) in [6, 6.07) is 0. The average molecular weight is 1230 g/mol. The molecule has 2 unspecified atom stereocenters. The summed E-state index contributed by atoms with van der Waals surface area (Å²) in [5, 5.41) is 10.5. The number of carbonyl (C=O) groups excluding carboxylic acids is 4. The van der Waals surface area contributed by atoms with Crippen molar-refractivity contribution in [2.24, 2.45) is 5.92 Å². The molecule has 492 valence electrons. The summed E-state index contributed by atoms with van der Waals surface area (Å²) in [4.78, 5) is 72.0. The fourth-order valence-electron chi connectivity index (χ4n) is 9.58. The molecular formula is C64H124O17P2. The fourth-order valence-corrected chi connectivity index (χ4v) is 11.2. The Bertz CT molecular complexity index is 1620. The number of hydrogen-bond donors (Lipinski definition) is 3. The van der Waals surface area contributed by atoms with Crippen molar-refractivity contribution in [2.45, 2.75) is 342 Å². The monoisotopic (exact) mass is 1230 g/mol. The van der Waals surface area contributed by atoms with E-state index < -0.39 is 97.5 Å². The van der Waals surface area contributed by atoms with E-state index >= 15 is 0 Å². The van der Waals surface area contributed by atoms with E-state index in [9.17, 15) is 43.2 Å². The molecule has 0 amide bonds. The number of hydrogen-bond acceptors (Lipinski definition) is 15. The second-order valence-corrected chi connectivity index (χ2v) is 26.5. The lowest BCUT2D eigenvalue weighted by Gasteiger charge is -2.21. The number of phosphoric ester groups is 2. The van der Waals surface area contributed by atoms with Gasteiger partial charge in [-0.05, 0) is 31.6 Å². The molecule has 3 N–H and O–H groups in total. The van der Waals surface area contributed by atoms with E-state index in [1.165, 1.54) is 141 Å². The van der Waals surface area contributed by atoms with Gasteiger partial charge in [-0.3, -0.25) is 37.3 Å². The van der Waals surface area contributed by atoms with E-state index in [1.807, 2.05) is 0 Å². The third-order valence-electron chi connectivity index (χ3n) is 14.8. The quantitative estimate of drug-likeness (QED) is 0.0222. The van der Waals surface area contributed by atoms with Crippen LogP contribution in [0.3, 0.4) is 0 Å². The Hall–Kier alpha value is -1.94. The first-order valence-electron chi connectivity index (χ1n) is 33.6. The van der Waals surface area contributed by atoms with Gasteiger partial charge in [-0.2, -0.15) is 0 Å². The van der Waals surface area contributed by atoms with Crippen molar-refractivity contribution in [3.8, 4) is 0 Å². The van der Waals surface area contributed by atoms with Gasteiger partial charge in [0.25, 0.3) is 0 Å². The Morgan fingerprint density at radius 2 is 0.554 bits per heavy atom. The summed E-state index contributed by atoms with van der Waals surface area (Å²) in [5.41, 5.74) is 0. The molecule has 83 heavy (non-hydrogen) atoms. The first-order valence-corrected chi connectivity index (χ1v) is 36.6. The minimum Gasteiger partial charge on any atom is -0.462 e. The van der Waals surface area contributed by atoms with Gasteiger partial charge in [0, 0.05) is 25.7 Å². The minimum absolute atomic E-state index is 0.106. The van der Waals surface area contributed by atoms with Gasteiger partial charge in [0.05, 0.1) is 26.4 Å². The molecule has 19 heteroatoms. The molecule has 0 aliphatic rings. The van der Waals surface area contributed by atoms with Gasteiger partial charge >= 0.3 is 39.5 Å². The zero-order valence-electron chi connectivity index (χ0n) is 53.3. The van der Waals surface area contributed by atoms with Crippen LogP contribution in [0.25, 0.3) is 0 Å². The molecule has 0 spiro atoms. The predicted octanol–water partition coefficient (Wildman–Crippen LogP) is 17.8. The molecule has 0 saturated heterocycles. The molecule has 0 bridgehead atoms. The van der Waals surface area contributed by atoms with E-state index in [0.717, 1.165) is 102 Å². The lowest BCUT2D eigenvalue weighted by atomic mass is 10.0. The zero-order chi connectivity index (χ0) is 61.3. The van der Waals surface area contributed by atoms with Crippen LogP contribution in [-0.4, -0.2) is 96.7 Å². The first-order chi connectivity index (χ1) is 40.0. The van der Waals surface area contributed by atoms with Crippen LogP contribution in [0.1, 0.15) is 324 Å². The zero-order valence-corrected chi connectivity index (χ0v) is 55.1. The van der Waals surface area contributed by atoms with Crippen LogP contribution in [-0.2, 0) is 65.4 Å². The van der Waals surface area contributed by atoms with Crippen LogP contribution < -0.4 is 0 Å². The Morgan fingerprint density at radius 1 is 0.325 bits per heavy atom. The maximum atomic E-state index is 13.0. The van der Waals surface area contributed by atoms with E-state index in [2.05, 4.69) is 34.6 Å². The molecule has 0 aliphatic carbocycles. The molecule has 0 aliphatic heterocycles. The number of aliphatic hydroxyl groups excluding tert-OH is 1. The highest BCUT2D eigenvalue weighted by Gasteiger charge is 2.30. The maximum absolute atomic E-state index is 13.0. The first kappa shape index (κ1) is 81.1. The van der Waals surface area contributed by atoms with Gasteiger partial charge in [0.15, 0.2) is 12.2 Å². The van der Waals surface area contributed by atoms with Gasteiger partial charge < -0.3 is 33.8 Å². The highest BCUT2D eigenvalue weighted by molar-refractivity contribution is 7.47. The van der Waals surface area contributed by atoms with Crippen LogP contribution >= 0.6 is 15.6 Å². The molecule has 0 aromatic carbocycles. The summed E-state index contributed by atoms with van der Waals surface area (Å²) in [6.07, 6.45) is 42.0. The van der Waals surface area contributed by atoms with Crippen molar-refractivity contribution in [1.29, 1.82) is 0 Å². The highest BCUT2D eigenvalue weighted by Crippen LogP contribution is 2.45. The van der Waals surface area contributed by atoms with Crippen LogP contribution in [0.5, 0.6) is 0 Å². The fraction of sp³-hybridized carbons (Fsp3) is 0.938. The molecule has 0 fully saturated rings. The predicted molar refractivity (Wildman–Crippen MR) is 331 cm³/mol. The number of aliphatic hydroxyl groups is 1. The number of phosphoric acid groups is 2. The molecule has 0 aromatic heterocycles. The van der Waals surface area contributed by atoms with Gasteiger partial charge in [-0.25, -0.2) is 9.13 Å². The van der Waals surface area contributed by atoms with Crippen LogP contribution in [0.4, 0.5) is 0 Å². The summed E-state index contributed by atoms with van der Waals surface area (Å²) in [6.45, 7) is 7.11. The highest BCUT2D eigenvalue weighted by atomic mass is 31.2. The standard InChI is InChI=1S/C64H124O17P2/c1-6-9-12-15-17-19-21-22-23-26-30-33-38-43-48-62(67)75-54-60(81-64(69)50-45-40-35-31-27-24-25-28-32-37-41-46-57(4)5)56-79-83(72,73)77-52-58(65)51-76-82(70,71)78-55-59(53-74-61(66)47-42-36-14-11-8-3)80-63(68)49-44-39-34-29-20-18-16-13-10-7-2/h57-60,65H,6-56H2,1-5H3,(H,70,71)(H,72,73)/t58-,59+,60+/m0/s1. The Kier molecular flexibility index (Phi) is 56.4. The van der Waals surface area contributed by atoms with Crippen LogP contribution in [0.2, 0.25) is 0 Å². The van der Waals surface area contributed by atoms with Crippen molar-refractivity contribution in [2.75, 3.05) is 39.6 Å². The van der Waals surface area contributed by atoms with Crippen molar-refractivity contribution < 1.29 is 80.2 Å². The van der Waals surface area contributed by atoms with Gasteiger partial charge in [0.2, 0.25) is 0 Å². The van der Waals surface area contributed by atoms with E-state index in [4.69, 9.17) is 37.0 Å². The number of ether oxygens (including phenoxy) is 4. The van der Waals surface area contributed by atoms with Crippen molar-refractivity contribution in [3.05, 3.63) is 0 Å². The molecule has 0 rings (SSSR count). The smallest absolute Gasteiger partial charge is 0.462 e. The van der Waals surface area contributed by atoms with E-state index in [0.29, 0.717) is 25.7 Å². The van der Waals surface area contributed by atoms with Crippen molar-refractivity contribution in [3.63, 3.8) is 0 Å². The van der Waals surface area contributed by atoms with Gasteiger partial charge in [-0.1, -0.05) is 272 Å². The third-order valence-corrected chi connectivity index (χ3v) is 16.7. The molecule has 0 heterocycles. The Balaban J connectivity index is 5.17. The summed E-state index contributed by atoms with van der Waals surface area (Å²) >= 11 is 0. The molecule has 5 atom stereocenters. The van der Waals surface area contributed by atoms with Gasteiger partial charge in [0.1, 0.15) is 19.3 Å². The number of rotatable bonds is 64. The topological polar surface area (TPSA) is 237 Å². The third kappa shape index (κ3) is 58.8. The molecular weight excluding hydrogens is 1100 g/mol. The van der Waals surface area contributed by atoms with Gasteiger partial charge in [-0.15, -0.1) is 0 Å². The second kappa shape index (κ2) is 57.8. The lowest BCUT2D eigenvalue weighted by molar-refractivity contribution is -0.161. The van der Waals surface area contributed by atoms with Crippen molar-refractivity contribution >= 4 is 39.5 Å². The summed E-state index contributed by atoms with van der Waals surface area (Å²) in [7, 11) is -9.88. The number of esters is 4. The summed E-state index contributed by atoms with van der Waals surface area (Å²) in [5.74, 6) is -1.38. The van der Waals surface area contributed by atoms with Crippen LogP contribution in [0.15, 0.2) is 0 Å². The molecule has 17 nitrogen and oxygen atoms in total. The largest absolute Gasteiger partial charge is 0.472 e. The SMILES string of the molecule is CCCCCCCCCCCCCCCCC(=O)OC[C@H](COP(=O)(O)OC[C@@H](O)COP(=O)(O)OC[C@@H](COC(=O)CCCCCCC)OC(=O)CCCCCCCCCCCC)OC(=O)CCCCCCCCCCCCCC(C)C. The maximum Gasteiger partial charge on any atom is 0.472 e. The van der Waals surface area contributed by atoms with Crippen molar-refractivity contribution in [1.82, 2.24) is 0 Å². The number of carbonyl (C=O) groups is 4. The number of unbranched alkanes of at least 4 members (excludes halogenated alkanes) is 36. The molecule has 0 radical (unpaired) electrons. The molecule has 0 saturated carbocycles. The molecule has 0 aromatic rings. The summed E-state index contributed by atoms with van der Waals surface area (Å²) < 4.78 is 67.8. The Labute approximate surface area is 505 Å². The second-order valence-electron chi connectivity index (χ2n) is 23.6. The normalized spacial score (nSPS) is 14.2. The Morgan fingerprint density at radius 3 is 0.819 bits per heavy atom. The van der Waals surface area contributed by atoms with E-state index in [1.54, 1.807) is 0 Å². The lowest BCUT2D eigenvalue weighted by Crippen LogP contribution is -2.30. The van der Waals surface area contributed by atoms with Crippen LogP contribution in [0, 0.1) is 5.92 Å². The van der Waals surface area contributed by atoms with E-state index in [-0.39, 0.29) is 25.7 Å². The average Bonchev–Trinajstić information content (AvgIpc) is 3.50.